The molecule has 0 atom stereocenters. The molecule has 1 fully saturated rings. The van der Waals surface area contributed by atoms with Gasteiger partial charge in [0.25, 0.3) is 5.91 Å². The zero-order valence-corrected chi connectivity index (χ0v) is 17.1. The van der Waals surface area contributed by atoms with E-state index >= 15 is 0 Å². The number of benzene rings is 1. The molecule has 1 heterocycles. The highest BCUT2D eigenvalue weighted by Crippen LogP contribution is 2.26. The quantitative estimate of drug-likeness (QED) is 0.570. The molecule has 2 N–H and O–H groups in total. The van der Waals surface area contributed by atoms with Crippen molar-refractivity contribution in [2.45, 2.75) is 31.3 Å². The predicted molar refractivity (Wildman–Crippen MR) is 106 cm³/mol. The molecule has 0 spiro atoms. The number of aryl methyl sites for hydroxylation is 1. The summed E-state index contributed by atoms with van der Waals surface area (Å²) in [6.45, 7) is 3.07. The molecule has 2 rings (SSSR count). The number of methoxy groups -OCH3 is 1. The van der Waals surface area contributed by atoms with Crippen LogP contribution < -0.4 is 10.0 Å². The molecule has 27 heavy (non-hydrogen) atoms. The third-order valence-electron chi connectivity index (χ3n) is 5.03. The summed E-state index contributed by atoms with van der Waals surface area (Å²) in [5.74, 6) is -0.163. The van der Waals surface area contributed by atoms with Crippen LogP contribution in [-0.2, 0) is 26.0 Å². The molecule has 1 aromatic rings. The molecular weight excluding hydrogens is 366 g/mol. The summed E-state index contributed by atoms with van der Waals surface area (Å²) in [6.07, 6.45) is 4.52. The van der Waals surface area contributed by atoms with Crippen LogP contribution in [0.15, 0.2) is 30.3 Å². The Morgan fingerprint density at radius 2 is 1.85 bits per heavy atom. The molecule has 152 valence electrons. The molecule has 0 aromatic heterocycles. The van der Waals surface area contributed by atoms with E-state index in [4.69, 9.17) is 4.74 Å². The lowest BCUT2D eigenvalue weighted by Gasteiger charge is -2.39. The van der Waals surface area contributed by atoms with Gasteiger partial charge in [-0.2, -0.15) is 0 Å². The highest BCUT2D eigenvalue weighted by molar-refractivity contribution is 7.88. The first-order valence-electron chi connectivity index (χ1n) is 9.39. The summed E-state index contributed by atoms with van der Waals surface area (Å²) >= 11 is 0. The summed E-state index contributed by atoms with van der Waals surface area (Å²) in [4.78, 5) is 14.9. The van der Waals surface area contributed by atoms with Gasteiger partial charge in [-0.05, 0) is 37.8 Å². The molecule has 8 heteroatoms. The summed E-state index contributed by atoms with van der Waals surface area (Å²) in [7, 11) is -1.67. The second kappa shape index (κ2) is 10.2. The highest BCUT2D eigenvalue weighted by Gasteiger charge is 2.41. The Balaban J connectivity index is 1.72. The average Bonchev–Trinajstić information content (AvgIpc) is 2.66. The predicted octanol–water partition coefficient (Wildman–Crippen LogP) is 0.766. The van der Waals surface area contributed by atoms with E-state index in [-0.39, 0.29) is 19.0 Å². The molecule has 0 radical (unpaired) electrons. The van der Waals surface area contributed by atoms with E-state index in [0.29, 0.717) is 12.8 Å². The van der Waals surface area contributed by atoms with Crippen molar-refractivity contribution in [2.75, 3.05) is 46.1 Å². The van der Waals surface area contributed by atoms with Gasteiger partial charge >= 0.3 is 0 Å². The number of hydrogen-bond acceptors (Lipinski definition) is 5. The van der Waals surface area contributed by atoms with Crippen LogP contribution in [0.2, 0.25) is 0 Å². The van der Waals surface area contributed by atoms with Crippen LogP contribution in [0.1, 0.15) is 24.8 Å². The van der Waals surface area contributed by atoms with Gasteiger partial charge in [0.05, 0.1) is 6.26 Å². The monoisotopic (exact) mass is 397 g/mol. The van der Waals surface area contributed by atoms with Crippen LogP contribution in [0, 0.1) is 0 Å². The van der Waals surface area contributed by atoms with Crippen molar-refractivity contribution in [3.63, 3.8) is 0 Å². The van der Waals surface area contributed by atoms with E-state index in [1.165, 1.54) is 5.56 Å². The van der Waals surface area contributed by atoms with Crippen LogP contribution in [-0.4, -0.2) is 70.9 Å². The fraction of sp³-hybridized carbons (Fsp3) is 0.632. The molecule has 0 bridgehead atoms. The first-order valence-corrected chi connectivity index (χ1v) is 11.3. The van der Waals surface area contributed by atoms with Gasteiger partial charge in [0, 0.05) is 33.3 Å². The van der Waals surface area contributed by atoms with Crippen molar-refractivity contribution in [1.29, 1.82) is 0 Å². The molecule has 1 aromatic carbocycles. The number of carbonyl (C=O) groups is 1. The highest BCUT2D eigenvalue weighted by atomic mass is 32.2. The maximum atomic E-state index is 12.5. The molecule has 7 nitrogen and oxygen atoms in total. The molecule has 1 aliphatic rings. The van der Waals surface area contributed by atoms with Crippen LogP contribution in [0.4, 0.5) is 0 Å². The van der Waals surface area contributed by atoms with Gasteiger partial charge in [0.1, 0.15) is 5.60 Å². The van der Waals surface area contributed by atoms with Crippen molar-refractivity contribution < 1.29 is 17.9 Å². The van der Waals surface area contributed by atoms with Crippen molar-refractivity contribution in [2.24, 2.45) is 0 Å². The van der Waals surface area contributed by atoms with Gasteiger partial charge in [-0.1, -0.05) is 30.3 Å². The van der Waals surface area contributed by atoms with Gasteiger partial charge in [0.15, 0.2) is 0 Å². The minimum absolute atomic E-state index is 0.163. The smallest absolute Gasteiger partial charge is 0.252 e. The Kier molecular flexibility index (Phi) is 8.22. The number of nitrogens with one attached hydrogen (secondary N) is 2. The average molecular weight is 398 g/mol. The first-order chi connectivity index (χ1) is 12.8. The Labute approximate surface area is 162 Å². The SMILES string of the molecule is COC1(C(=O)NCCNS(C)(=O)=O)CCN(CCCc2ccccc2)CC1. The van der Waals surface area contributed by atoms with Crippen molar-refractivity contribution >= 4 is 15.9 Å². The molecule has 0 unspecified atom stereocenters. The number of rotatable bonds is 10. The van der Waals surface area contributed by atoms with Crippen LogP contribution in [0.25, 0.3) is 0 Å². The van der Waals surface area contributed by atoms with Crippen LogP contribution in [0.5, 0.6) is 0 Å². The van der Waals surface area contributed by atoms with Crippen LogP contribution >= 0.6 is 0 Å². The van der Waals surface area contributed by atoms with Gasteiger partial charge < -0.3 is 15.0 Å². The zero-order chi connectivity index (χ0) is 19.8. The first kappa shape index (κ1) is 21.8. The van der Waals surface area contributed by atoms with E-state index < -0.39 is 15.6 Å². The Morgan fingerprint density at radius 1 is 1.19 bits per heavy atom. The molecular formula is C19H31N3O4S. The zero-order valence-electron chi connectivity index (χ0n) is 16.2. The molecule has 0 saturated carbocycles. The minimum atomic E-state index is -3.24. The number of carbonyl (C=O) groups excluding carboxylic acids is 1. The largest absolute Gasteiger partial charge is 0.368 e. The maximum Gasteiger partial charge on any atom is 0.252 e. The lowest BCUT2D eigenvalue weighted by atomic mass is 9.90. The Morgan fingerprint density at radius 3 is 2.44 bits per heavy atom. The van der Waals surface area contributed by atoms with Crippen molar-refractivity contribution in [1.82, 2.24) is 14.9 Å². The standard InChI is InChI=1S/C19H31N3O4S/c1-26-19(18(23)20-12-13-21-27(2,24)25)10-15-22(16-11-19)14-6-9-17-7-4-3-5-8-17/h3-5,7-8,21H,6,9-16H2,1-2H3,(H,20,23). The molecule has 1 amide bonds. The summed E-state index contributed by atoms with van der Waals surface area (Å²) in [5, 5.41) is 2.79. The van der Waals surface area contributed by atoms with Gasteiger partial charge in [-0.15, -0.1) is 0 Å². The Hall–Kier alpha value is -1.48. The fourth-order valence-electron chi connectivity index (χ4n) is 3.39. The summed E-state index contributed by atoms with van der Waals surface area (Å²) < 4.78 is 30.1. The minimum Gasteiger partial charge on any atom is -0.368 e. The van der Waals surface area contributed by atoms with E-state index in [1.807, 2.05) is 6.07 Å². The van der Waals surface area contributed by atoms with Gasteiger partial charge in [-0.3, -0.25) is 4.79 Å². The number of nitrogens with zero attached hydrogens (tertiary/aromatic N) is 1. The van der Waals surface area contributed by atoms with E-state index in [2.05, 4.69) is 39.2 Å². The third kappa shape index (κ3) is 7.21. The third-order valence-corrected chi connectivity index (χ3v) is 5.75. The van der Waals surface area contributed by atoms with Crippen molar-refractivity contribution in [3.8, 4) is 0 Å². The topological polar surface area (TPSA) is 87.7 Å². The summed E-state index contributed by atoms with van der Waals surface area (Å²) in [6, 6.07) is 10.4. The van der Waals surface area contributed by atoms with E-state index in [0.717, 1.165) is 38.7 Å². The van der Waals surface area contributed by atoms with Gasteiger partial charge in [-0.25, -0.2) is 13.1 Å². The van der Waals surface area contributed by atoms with Crippen molar-refractivity contribution in [3.05, 3.63) is 35.9 Å². The lowest BCUT2D eigenvalue weighted by Crippen LogP contribution is -2.55. The normalized spacial score (nSPS) is 17.6. The summed E-state index contributed by atoms with van der Waals surface area (Å²) in [5.41, 5.74) is 0.531. The number of hydrogen-bond donors (Lipinski definition) is 2. The number of ether oxygens (including phenoxy) is 1. The second-order valence-electron chi connectivity index (χ2n) is 7.05. The van der Waals surface area contributed by atoms with E-state index in [9.17, 15) is 13.2 Å². The molecule has 1 aliphatic heterocycles. The maximum absolute atomic E-state index is 12.5. The van der Waals surface area contributed by atoms with E-state index in [1.54, 1.807) is 7.11 Å². The molecule has 1 saturated heterocycles. The number of amides is 1. The lowest BCUT2D eigenvalue weighted by molar-refractivity contribution is -0.149. The molecule has 0 aliphatic carbocycles. The van der Waals surface area contributed by atoms with Gasteiger partial charge in [0.2, 0.25) is 10.0 Å². The van der Waals surface area contributed by atoms with Crippen LogP contribution in [0.3, 0.4) is 0 Å². The number of piperidine rings is 1. The number of likely N-dealkylation sites (tertiary alicyclic amines) is 1. The Bertz CT molecular complexity index is 686. The second-order valence-corrected chi connectivity index (χ2v) is 8.88. The fourth-order valence-corrected chi connectivity index (χ4v) is 3.86. The number of sulfonamides is 1.